The minimum absolute atomic E-state index is 0.299. The van der Waals surface area contributed by atoms with E-state index in [0.717, 1.165) is 35.9 Å². The number of allylic oxidation sites excluding steroid dienone is 2. The molecule has 1 atom stereocenters. The second kappa shape index (κ2) is 6.61. The maximum absolute atomic E-state index is 12.9. The van der Waals surface area contributed by atoms with E-state index in [4.69, 9.17) is 4.74 Å². The summed E-state index contributed by atoms with van der Waals surface area (Å²) in [6, 6.07) is 10.2. The number of carbonyl (C=O) groups is 1. The van der Waals surface area contributed by atoms with Gasteiger partial charge >= 0.3 is 6.09 Å². The lowest BCUT2D eigenvalue weighted by molar-refractivity contribution is 0.0543. The number of ether oxygens (including phenoxy) is 1. The highest BCUT2D eigenvalue weighted by molar-refractivity contribution is 5.94. The Hall–Kier alpha value is -2.03. The van der Waals surface area contributed by atoms with Crippen LogP contribution < -0.4 is 0 Å². The monoisotopic (exact) mass is 353 g/mol. The largest absolute Gasteiger partial charge is 0.443 e. The molecule has 0 spiro atoms. The van der Waals surface area contributed by atoms with E-state index in [0.29, 0.717) is 11.3 Å². The molecule has 2 aromatic rings. The third-order valence-electron chi connectivity index (χ3n) is 5.25. The first kappa shape index (κ1) is 18.8. The molecule has 3 rings (SSSR count). The Morgan fingerprint density at radius 1 is 1.12 bits per heavy atom. The van der Waals surface area contributed by atoms with Crippen LogP contribution in [0.25, 0.3) is 16.5 Å². The van der Waals surface area contributed by atoms with Crippen LogP contribution in [0.4, 0.5) is 4.79 Å². The molecule has 0 fully saturated rings. The highest BCUT2D eigenvalue weighted by Gasteiger charge is 2.29. The van der Waals surface area contributed by atoms with Gasteiger partial charge in [-0.05, 0) is 69.1 Å². The van der Waals surface area contributed by atoms with Gasteiger partial charge in [0.15, 0.2) is 0 Å². The molecule has 0 N–H and O–H groups in total. The lowest BCUT2D eigenvalue weighted by Gasteiger charge is -2.33. The Bertz CT molecular complexity index is 843. The van der Waals surface area contributed by atoms with Crippen LogP contribution in [0.5, 0.6) is 0 Å². The number of aromatic nitrogens is 1. The van der Waals surface area contributed by atoms with E-state index >= 15 is 0 Å². The third kappa shape index (κ3) is 3.87. The van der Waals surface area contributed by atoms with Crippen LogP contribution in [-0.2, 0) is 4.74 Å². The quantitative estimate of drug-likeness (QED) is 0.574. The van der Waals surface area contributed by atoms with Gasteiger partial charge in [0.25, 0.3) is 0 Å². The fourth-order valence-corrected chi connectivity index (χ4v) is 3.75. The third-order valence-corrected chi connectivity index (χ3v) is 5.25. The van der Waals surface area contributed by atoms with Crippen LogP contribution in [0.1, 0.15) is 66.5 Å². The first-order valence-corrected chi connectivity index (χ1v) is 9.59. The zero-order chi connectivity index (χ0) is 19.1. The fourth-order valence-electron chi connectivity index (χ4n) is 3.75. The molecule has 0 radical (unpaired) electrons. The molecular formula is C23H31NO2. The predicted molar refractivity (Wildman–Crippen MR) is 108 cm³/mol. The van der Waals surface area contributed by atoms with Crippen molar-refractivity contribution in [2.75, 3.05) is 0 Å². The van der Waals surface area contributed by atoms with E-state index in [1.807, 2.05) is 39.0 Å². The van der Waals surface area contributed by atoms with Gasteiger partial charge < -0.3 is 4.74 Å². The molecule has 0 bridgehead atoms. The Kier molecular flexibility index (Phi) is 4.76. The van der Waals surface area contributed by atoms with Crippen molar-refractivity contribution in [3.63, 3.8) is 0 Å². The van der Waals surface area contributed by atoms with Crippen molar-refractivity contribution >= 4 is 22.6 Å². The van der Waals surface area contributed by atoms with Crippen molar-refractivity contribution in [3.8, 4) is 0 Å². The number of hydrogen-bond acceptors (Lipinski definition) is 2. The highest BCUT2D eigenvalue weighted by Crippen LogP contribution is 2.40. The summed E-state index contributed by atoms with van der Waals surface area (Å²) in [5.41, 5.74) is 2.95. The van der Waals surface area contributed by atoms with Gasteiger partial charge in [0, 0.05) is 5.39 Å². The van der Waals surface area contributed by atoms with Crippen molar-refractivity contribution in [3.05, 3.63) is 42.1 Å². The Balaban J connectivity index is 2.02. The second-order valence-electron chi connectivity index (χ2n) is 9.47. The summed E-state index contributed by atoms with van der Waals surface area (Å²) in [5.74, 6) is 0.686. The Labute approximate surface area is 157 Å². The summed E-state index contributed by atoms with van der Waals surface area (Å²) in [5, 5.41) is 1.08. The van der Waals surface area contributed by atoms with Crippen LogP contribution in [0.2, 0.25) is 0 Å². The molecule has 0 saturated carbocycles. The lowest BCUT2D eigenvalue weighted by Crippen LogP contribution is -2.28. The average molecular weight is 354 g/mol. The molecule has 0 amide bonds. The summed E-state index contributed by atoms with van der Waals surface area (Å²) in [6.07, 6.45) is 5.25. The number of hydrogen-bond donors (Lipinski definition) is 0. The van der Waals surface area contributed by atoms with Crippen molar-refractivity contribution in [2.45, 2.75) is 66.4 Å². The van der Waals surface area contributed by atoms with Gasteiger partial charge in [-0.2, -0.15) is 0 Å². The molecule has 1 aromatic carbocycles. The van der Waals surface area contributed by atoms with E-state index in [1.165, 1.54) is 5.57 Å². The first-order valence-electron chi connectivity index (χ1n) is 9.59. The number of fused-ring (bicyclic) bond motifs is 1. The second-order valence-corrected chi connectivity index (χ2v) is 9.47. The van der Waals surface area contributed by atoms with Crippen LogP contribution in [0, 0.1) is 11.3 Å². The molecule has 1 aliphatic rings. The molecule has 1 heterocycles. The van der Waals surface area contributed by atoms with E-state index in [2.05, 4.69) is 39.0 Å². The van der Waals surface area contributed by atoms with Crippen LogP contribution >= 0.6 is 0 Å². The highest BCUT2D eigenvalue weighted by atomic mass is 16.6. The Morgan fingerprint density at radius 3 is 2.38 bits per heavy atom. The van der Waals surface area contributed by atoms with Crippen molar-refractivity contribution < 1.29 is 9.53 Å². The van der Waals surface area contributed by atoms with Crippen LogP contribution in [0.15, 0.2) is 36.4 Å². The molecule has 140 valence electrons. The molecule has 0 saturated heterocycles. The van der Waals surface area contributed by atoms with Gasteiger partial charge in [0.1, 0.15) is 5.60 Å². The molecule has 1 aromatic heterocycles. The van der Waals surface area contributed by atoms with Gasteiger partial charge in [-0.1, -0.05) is 45.0 Å². The zero-order valence-corrected chi connectivity index (χ0v) is 16.9. The molecule has 26 heavy (non-hydrogen) atoms. The molecular weight excluding hydrogens is 322 g/mol. The van der Waals surface area contributed by atoms with Gasteiger partial charge in [0.2, 0.25) is 0 Å². The van der Waals surface area contributed by atoms with Crippen molar-refractivity contribution in [1.82, 2.24) is 4.57 Å². The number of nitrogens with zero attached hydrogens (tertiary/aromatic N) is 1. The van der Waals surface area contributed by atoms with Crippen LogP contribution in [-0.4, -0.2) is 16.3 Å². The summed E-state index contributed by atoms with van der Waals surface area (Å²) >= 11 is 0. The van der Waals surface area contributed by atoms with E-state index in [1.54, 1.807) is 4.57 Å². The van der Waals surface area contributed by atoms with E-state index in [9.17, 15) is 4.79 Å². The van der Waals surface area contributed by atoms with Gasteiger partial charge in [-0.3, -0.25) is 0 Å². The number of carbonyl (C=O) groups excluding carboxylic acids is 1. The average Bonchev–Trinajstić information content (AvgIpc) is 2.92. The summed E-state index contributed by atoms with van der Waals surface area (Å²) < 4.78 is 7.45. The molecule has 3 heteroatoms. The summed E-state index contributed by atoms with van der Waals surface area (Å²) in [4.78, 5) is 12.9. The lowest BCUT2D eigenvalue weighted by atomic mass is 9.73. The molecule has 3 nitrogen and oxygen atoms in total. The normalized spacial score (nSPS) is 18.7. The van der Waals surface area contributed by atoms with Crippen molar-refractivity contribution in [2.24, 2.45) is 11.3 Å². The van der Waals surface area contributed by atoms with Crippen LogP contribution in [0.3, 0.4) is 0 Å². The SMILES string of the molecule is CC(C)(C)OC(=O)n1c(C2=CCC(C(C)(C)C)CC2)cc2ccccc21. The standard InChI is InChI=1S/C23H31NO2/c1-22(2,3)18-13-11-16(12-14-18)20-15-17-9-7-8-10-19(17)24(20)21(25)26-23(4,5)6/h7-11,15,18H,12-14H2,1-6H3. The smallest absolute Gasteiger partial charge is 0.419 e. The van der Waals surface area contributed by atoms with Gasteiger partial charge in [0.05, 0.1) is 11.2 Å². The summed E-state index contributed by atoms with van der Waals surface area (Å²) in [7, 11) is 0. The minimum Gasteiger partial charge on any atom is -0.443 e. The maximum Gasteiger partial charge on any atom is 0.419 e. The molecule has 1 unspecified atom stereocenters. The number of para-hydroxylation sites is 1. The molecule has 0 aliphatic heterocycles. The van der Waals surface area contributed by atoms with Crippen molar-refractivity contribution in [1.29, 1.82) is 0 Å². The summed E-state index contributed by atoms with van der Waals surface area (Å²) in [6.45, 7) is 12.7. The van der Waals surface area contributed by atoms with Gasteiger partial charge in [-0.15, -0.1) is 0 Å². The fraction of sp³-hybridized carbons (Fsp3) is 0.522. The van der Waals surface area contributed by atoms with E-state index in [-0.39, 0.29) is 6.09 Å². The molecule has 1 aliphatic carbocycles. The first-order chi connectivity index (χ1) is 12.1. The Morgan fingerprint density at radius 2 is 1.81 bits per heavy atom. The number of rotatable bonds is 1. The topological polar surface area (TPSA) is 31.2 Å². The van der Waals surface area contributed by atoms with E-state index < -0.39 is 5.60 Å². The van der Waals surface area contributed by atoms with Gasteiger partial charge in [-0.25, -0.2) is 9.36 Å². The minimum atomic E-state index is -0.516. The maximum atomic E-state index is 12.9. The predicted octanol–water partition coefficient (Wildman–Crippen LogP) is 6.65. The number of benzene rings is 1. The zero-order valence-electron chi connectivity index (χ0n) is 16.9.